The Hall–Kier alpha value is -2.40. The van der Waals surface area contributed by atoms with E-state index in [2.05, 4.69) is 75.0 Å². The van der Waals surface area contributed by atoms with Crippen LogP contribution in [0.4, 0.5) is 0 Å². The van der Waals surface area contributed by atoms with Gasteiger partial charge >= 0.3 is 0 Å². The van der Waals surface area contributed by atoms with Crippen molar-refractivity contribution < 1.29 is 4.52 Å². The first-order chi connectivity index (χ1) is 13.0. The number of fused-ring (bicyclic) bond motifs is 1. The molecular formula is C22H22BrN3O. The van der Waals surface area contributed by atoms with Gasteiger partial charge in [0.1, 0.15) is 17.1 Å². The summed E-state index contributed by atoms with van der Waals surface area (Å²) >= 11 is 3.71. The van der Waals surface area contributed by atoms with Gasteiger partial charge in [0, 0.05) is 16.6 Å². The van der Waals surface area contributed by atoms with E-state index in [0.717, 1.165) is 63.3 Å². The van der Waals surface area contributed by atoms with E-state index in [9.17, 15) is 0 Å². The normalized spacial score (nSPS) is 11.4. The van der Waals surface area contributed by atoms with Gasteiger partial charge in [-0.05, 0) is 72.8 Å². The van der Waals surface area contributed by atoms with Crippen LogP contribution in [0.25, 0.3) is 22.2 Å². The standard InChI is InChI=1S/C22H22BrN3O/c1-14-21(15(2)27-25-14)18-12-19(23)22-20(13-18)26(16(3)24-22)11-7-10-17-8-5-4-6-9-17/h4-6,8-9,12-13H,7,10-11H2,1-3H3. The van der Waals surface area contributed by atoms with Crippen LogP contribution in [0, 0.1) is 20.8 Å². The molecule has 0 fully saturated rings. The molecule has 0 atom stereocenters. The maximum absolute atomic E-state index is 5.36. The minimum absolute atomic E-state index is 0.839. The first-order valence-corrected chi connectivity index (χ1v) is 9.97. The van der Waals surface area contributed by atoms with E-state index in [1.54, 1.807) is 0 Å². The number of aromatic nitrogens is 3. The minimum atomic E-state index is 0.839. The summed E-state index contributed by atoms with van der Waals surface area (Å²) in [6.07, 6.45) is 2.13. The highest BCUT2D eigenvalue weighted by molar-refractivity contribution is 9.10. The van der Waals surface area contributed by atoms with Crippen molar-refractivity contribution in [1.82, 2.24) is 14.7 Å². The van der Waals surface area contributed by atoms with Crippen molar-refractivity contribution in [2.24, 2.45) is 0 Å². The number of halogens is 1. The number of rotatable bonds is 5. The monoisotopic (exact) mass is 423 g/mol. The minimum Gasteiger partial charge on any atom is -0.361 e. The van der Waals surface area contributed by atoms with Crippen molar-refractivity contribution in [2.45, 2.75) is 40.2 Å². The molecule has 0 aliphatic carbocycles. The summed E-state index contributed by atoms with van der Waals surface area (Å²) in [5, 5.41) is 4.10. The smallest absolute Gasteiger partial charge is 0.141 e. The Morgan fingerprint density at radius 2 is 1.85 bits per heavy atom. The lowest BCUT2D eigenvalue weighted by Gasteiger charge is -2.09. The Morgan fingerprint density at radius 3 is 2.56 bits per heavy atom. The summed E-state index contributed by atoms with van der Waals surface area (Å²) in [4.78, 5) is 4.78. The summed E-state index contributed by atoms with van der Waals surface area (Å²) in [5.41, 5.74) is 6.59. The number of imidazole rings is 1. The maximum Gasteiger partial charge on any atom is 0.141 e. The van der Waals surface area contributed by atoms with E-state index >= 15 is 0 Å². The number of benzene rings is 2. The highest BCUT2D eigenvalue weighted by Crippen LogP contribution is 2.34. The van der Waals surface area contributed by atoms with Gasteiger partial charge in [0.25, 0.3) is 0 Å². The van der Waals surface area contributed by atoms with Crippen LogP contribution in [0.1, 0.15) is 29.3 Å². The Balaban J connectivity index is 1.69. The van der Waals surface area contributed by atoms with Crippen molar-refractivity contribution in [2.75, 3.05) is 0 Å². The van der Waals surface area contributed by atoms with Crippen LogP contribution >= 0.6 is 15.9 Å². The molecule has 0 bridgehead atoms. The summed E-state index contributed by atoms with van der Waals surface area (Å²) in [6, 6.07) is 14.9. The average Bonchev–Trinajstić information content (AvgIpc) is 3.15. The fourth-order valence-electron chi connectivity index (χ4n) is 3.71. The van der Waals surface area contributed by atoms with Crippen molar-refractivity contribution in [3.05, 3.63) is 69.8 Å². The first-order valence-electron chi connectivity index (χ1n) is 9.18. The second-order valence-corrected chi connectivity index (χ2v) is 7.78. The first kappa shape index (κ1) is 18.0. The topological polar surface area (TPSA) is 43.9 Å². The lowest BCUT2D eigenvalue weighted by molar-refractivity contribution is 0.393. The second kappa shape index (κ2) is 7.31. The molecule has 4 nitrogen and oxygen atoms in total. The summed E-state index contributed by atoms with van der Waals surface area (Å²) in [7, 11) is 0. The molecule has 0 spiro atoms. The third-order valence-electron chi connectivity index (χ3n) is 5.01. The lowest BCUT2D eigenvalue weighted by Crippen LogP contribution is -2.02. The van der Waals surface area contributed by atoms with Gasteiger partial charge in [-0.2, -0.15) is 0 Å². The molecule has 0 unspecified atom stereocenters. The van der Waals surface area contributed by atoms with Crippen LogP contribution in [0.5, 0.6) is 0 Å². The molecule has 0 saturated carbocycles. The summed E-state index contributed by atoms with van der Waals surface area (Å²) in [5.74, 6) is 1.88. The Morgan fingerprint density at radius 1 is 1.07 bits per heavy atom. The molecule has 27 heavy (non-hydrogen) atoms. The van der Waals surface area contributed by atoms with E-state index in [0.29, 0.717) is 0 Å². The maximum atomic E-state index is 5.36. The fraction of sp³-hybridized carbons (Fsp3) is 0.273. The predicted molar refractivity (Wildman–Crippen MR) is 112 cm³/mol. The average molecular weight is 424 g/mol. The Kier molecular flexibility index (Phi) is 4.87. The third-order valence-corrected chi connectivity index (χ3v) is 5.61. The molecule has 2 heterocycles. The zero-order chi connectivity index (χ0) is 19.0. The lowest BCUT2D eigenvalue weighted by atomic mass is 10.0. The molecule has 0 N–H and O–H groups in total. The highest BCUT2D eigenvalue weighted by atomic mass is 79.9. The number of hydrogen-bond donors (Lipinski definition) is 0. The summed E-state index contributed by atoms with van der Waals surface area (Å²) < 4.78 is 8.67. The SMILES string of the molecule is Cc1noc(C)c1-c1cc(Br)c2nc(C)n(CCCc3ccccc3)c2c1. The summed E-state index contributed by atoms with van der Waals surface area (Å²) in [6.45, 7) is 6.95. The van der Waals surface area contributed by atoms with E-state index < -0.39 is 0 Å². The van der Waals surface area contributed by atoms with Gasteiger partial charge in [-0.25, -0.2) is 4.98 Å². The van der Waals surface area contributed by atoms with Gasteiger partial charge in [-0.3, -0.25) is 0 Å². The van der Waals surface area contributed by atoms with Crippen molar-refractivity contribution in [3.63, 3.8) is 0 Å². The Bertz CT molecular complexity index is 1080. The molecule has 0 aliphatic rings. The fourth-order valence-corrected chi connectivity index (χ4v) is 4.24. The Labute approximate surface area is 167 Å². The second-order valence-electron chi connectivity index (χ2n) is 6.92. The van der Waals surface area contributed by atoms with Crippen molar-refractivity contribution in [1.29, 1.82) is 0 Å². The van der Waals surface area contributed by atoms with Gasteiger partial charge < -0.3 is 9.09 Å². The molecule has 4 aromatic rings. The highest BCUT2D eigenvalue weighted by Gasteiger charge is 2.17. The zero-order valence-electron chi connectivity index (χ0n) is 15.8. The van der Waals surface area contributed by atoms with Crippen LogP contribution in [-0.4, -0.2) is 14.7 Å². The molecule has 5 heteroatoms. The third kappa shape index (κ3) is 3.44. The van der Waals surface area contributed by atoms with Crippen molar-refractivity contribution >= 4 is 27.0 Å². The van der Waals surface area contributed by atoms with Crippen LogP contribution in [0.15, 0.2) is 51.5 Å². The number of hydrogen-bond acceptors (Lipinski definition) is 3. The molecule has 0 radical (unpaired) electrons. The molecule has 138 valence electrons. The van der Waals surface area contributed by atoms with E-state index in [4.69, 9.17) is 9.51 Å². The predicted octanol–water partition coefficient (Wildman–Crippen LogP) is 6.01. The quantitative estimate of drug-likeness (QED) is 0.394. The van der Waals surface area contributed by atoms with Crippen LogP contribution < -0.4 is 0 Å². The van der Waals surface area contributed by atoms with Gasteiger partial charge in [0.15, 0.2) is 0 Å². The molecule has 0 saturated heterocycles. The zero-order valence-corrected chi connectivity index (χ0v) is 17.4. The van der Waals surface area contributed by atoms with Crippen LogP contribution in [0.3, 0.4) is 0 Å². The molecule has 0 aliphatic heterocycles. The molecule has 2 aromatic carbocycles. The van der Waals surface area contributed by atoms with Crippen LogP contribution in [0.2, 0.25) is 0 Å². The largest absolute Gasteiger partial charge is 0.361 e. The number of aryl methyl sites for hydroxylation is 5. The molecule has 2 aromatic heterocycles. The molecular weight excluding hydrogens is 402 g/mol. The van der Waals surface area contributed by atoms with E-state index in [1.165, 1.54) is 5.56 Å². The number of nitrogens with zero attached hydrogens (tertiary/aromatic N) is 3. The van der Waals surface area contributed by atoms with E-state index in [1.807, 2.05) is 13.8 Å². The van der Waals surface area contributed by atoms with Crippen LogP contribution in [-0.2, 0) is 13.0 Å². The van der Waals surface area contributed by atoms with Crippen molar-refractivity contribution in [3.8, 4) is 11.1 Å². The van der Waals surface area contributed by atoms with E-state index in [-0.39, 0.29) is 0 Å². The van der Waals surface area contributed by atoms with Gasteiger partial charge in [0.05, 0.1) is 11.2 Å². The van der Waals surface area contributed by atoms with Gasteiger partial charge in [0.2, 0.25) is 0 Å². The van der Waals surface area contributed by atoms with Gasteiger partial charge in [-0.15, -0.1) is 0 Å². The molecule has 0 amide bonds. The molecule has 4 rings (SSSR count). The van der Waals surface area contributed by atoms with Gasteiger partial charge in [-0.1, -0.05) is 35.5 Å².